The van der Waals surface area contributed by atoms with Crippen molar-refractivity contribution in [3.63, 3.8) is 0 Å². The van der Waals surface area contributed by atoms with Crippen LogP contribution in [0.3, 0.4) is 0 Å². The van der Waals surface area contributed by atoms with Gasteiger partial charge in [0, 0.05) is 7.05 Å². The van der Waals surface area contributed by atoms with Crippen LogP contribution in [-0.4, -0.2) is 15.7 Å². The van der Waals surface area contributed by atoms with Gasteiger partial charge in [0.2, 0.25) is 5.91 Å². The van der Waals surface area contributed by atoms with Crippen LogP contribution >= 0.6 is 15.9 Å². The first kappa shape index (κ1) is 11.0. The van der Waals surface area contributed by atoms with Crippen molar-refractivity contribution in [3.8, 4) is 0 Å². The van der Waals surface area contributed by atoms with Gasteiger partial charge in [0.05, 0.1) is 10.2 Å². The zero-order valence-electron chi connectivity index (χ0n) is 8.34. The van der Waals surface area contributed by atoms with Gasteiger partial charge in [-0.1, -0.05) is 6.08 Å². The molecule has 1 aromatic heterocycles. The summed E-state index contributed by atoms with van der Waals surface area (Å²) in [4.78, 5) is 11.3. The largest absolute Gasteiger partial charge is 0.306 e. The molecule has 0 fully saturated rings. The second kappa shape index (κ2) is 4.41. The molecule has 5 heteroatoms. The Morgan fingerprint density at radius 1 is 1.64 bits per heavy atom. The normalized spacial score (nSPS) is 10.9. The van der Waals surface area contributed by atoms with Crippen molar-refractivity contribution in [2.75, 3.05) is 5.32 Å². The predicted molar refractivity (Wildman–Crippen MR) is 59.1 cm³/mol. The van der Waals surface area contributed by atoms with Crippen molar-refractivity contribution in [2.45, 2.75) is 13.8 Å². The average Bonchev–Trinajstić information content (AvgIpc) is 2.33. The summed E-state index contributed by atoms with van der Waals surface area (Å²) in [5.41, 5.74) is 0.850. The number of nitrogens with zero attached hydrogens (tertiary/aromatic N) is 2. The lowest BCUT2D eigenvalue weighted by molar-refractivity contribution is -0.112. The van der Waals surface area contributed by atoms with Gasteiger partial charge in [0.15, 0.2) is 0 Å². The molecule has 0 saturated heterocycles. The number of hydrogen-bond acceptors (Lipinski definition) is 2. The molecular weight excluding hydrogens is 246 g/mol. The van der Waals surface area contributed by atoms with Crippen molar-refractivity contribution < 1.29 is 4.79 Å². The van der Waals surface area contributed by atoms with E-state index in [0.717, 1.165) is 10.2 Å². The Balaban J connectivity index is 2.91. The monoisotopic (exact) mass is 257 g/mol. The molecule has 0 aromatic carbocycles. The minimum absolute atomic E-state index is 0.156. The van der Waals surface area contributed by atoms with Gasteiger partial charge in [-0.05, 0) is 35.9 Å². The number of amides is 1. The molecule has 76 valence electrons. The Hall–Kier alpha value is -1.10. The quantitative estimate of drug-likeness (QED) is 0.825. The summed E-state index contributed by atoms with van der Waals surface area (Å²) in [5, 5.41) is 6.88. The van der Waals surface area contributed by atoms with Crippen LogP contribution < -0.4 is 5.32 Å². The maximum atomic E-state index is 11.3. The summed E-state index contributed by atoms with van der Waals surface area (Å²) in [6.07, 6.45) is 3.15. The molecule has 0 atom stereocenters. The Kier molecular flexibility index (Phi) is 3.46. The zero-order valence-corrected chi connectivity index (χ0v) is 9.92. The molecule has 0 radical (unpaired) electrons. The Morgan fingerprint density at radius 3 is 2.71 bits per heavy atom. The van der Waals surface area contributed by atoms with E-state index in [-0.39, 0.29) is 5.91 Å². The highest BCUT2D eigenvalue weighted by Crippen LogP contribution is 2.24. The molecule has 0 bridgehead atoms. The topological polar surface area (TPSA) is 46.9 Å². The smallest absolute Gasteiger partial charge is 0.249 e. The minimum atomic E-state index is -0.156. The number of anilines is 1. The number of carbonyl (C=O) groups is 1. The molecule has 0 aliphatic heterocycles. The van der Waals surface area contributed by atoms with E-state index in [1.54, 1.807) is 24.7 Å². The second-order valence-corrected chi connectivity index (χ2v) is 3.65. The lowest BCUT2D eigenvalue weighted by Crippen LogP contribution is -2.11. The first-order valence-corrected chi connectivity index (χ1v) is 4.98. The number of allylic oxidation sites excluding steroid dienone is 1. The maximum absolute atomic E-state index is 11.3. The highest BCUT2D eigenvalue weighted by molar-refractivity contribution is 9.10. The van der Waals surface area contributed by atoms with Crippen LogP contribution in [0.25, 0.3) is 0 Å². The number of rotatable bonds is 2. The van der Waals surface area contributed by atoms with Crippen molar-refractivity contribution >= 4 is 27.7 Å². The van der Waals surface area contributed by atoms with Crippen LogP contribution in [0.2, 0.25) is 0 Å². The number of halogens is 1. The first-order chi connectivity index (χ1) is 6.56. The molecule has 1 aromatic rings. The summed E-state index contributed by atoms with van der Waals surface area (Å²) in [5.74, 6) is 0.516. The summed E-state index contributed by atoms with van der Waals surface area (Å²) < 4.78 is 2.44. The number of hydrogen-bond donors (Lipinski definition) is 1. The van der Waals surface area contributed by atoms with Gasteiger partial charge in [0.25, 0.3) is 0 Å². The molecule has 4 nitrogen and oxygen atoms in total. The van der Waals surface area contributed by atoms with E-state index >= 15 is 0 Å². The second-order valence-electron chi connectivity index (χ2n) is 2.86. The van der Waals surface area contributed by atoms with Crippen LogP contribution in [0, 0.1) is 6.92 Å². The lowest BCUT2D eigenvalue weighted by Gasteiger charge is -2.02. The molecule has 14 heavy (non-hydrogen) atoms. The molecule has 1 rings (SSSR count). The van der Waals surface area contributed by atoms with Crippen LogP contribution in [0.1, 0.15) is 12.6 Å². The SMILES string of the molecule is C/C=C/C(=O)Nc1c(Br)c(C)nn1C. The third-order valence-electron chi connectivity index (χ3n) is 1.71. The number of aromatic nitrogens is 2. The third kappa shape index (κ3) is 2.23. The Morgan fingerprint density at radius 2 is 2.29 bits per heavy atom. The van der Waals surface area contributed by atoms with Crippen molar-refractivity contribution in [3.05, 3.63) is 22.3 Å². The molecule has 1 N–H and O–H groups in total. The van der Waals surface area contributed by atoms with E-state index in [9.17, 15) is 4.79 Å². The summed E-state index contributed by atoms with van der Waals surface area (Å²) in [7, 11) is 1.78. The Labute approximate surface area is 91.1 Å². The van der Waals surface area contributed by atoms with E-state index in [1.165, 1.54) is 6.08 Å². The van der Waals surface area contributed by atoms with Crippen LogP contribution in [0.15, 0.2) is 16.6 Å². The third-order valence-corrected chi connectivity index (χ3v) is 2.66. The first-order valence-electron chi connectivity index (χ1n) is 4.19. The van der Waals surface area contributed by atoms with E-state index in [4.69, 9.17) is 0 Å². The van der Waals surface area contributed by atoms with E-state index in [1.807, 2.05) is 6.92 Å². The van der Waals surface area contributed by atoms with Crippen molar-refractivity contribution in [2.24, 2.45) is 7.05 Å². The lowest BCUT2D eigenvalue weighted by atomic mass is 10.4. The molecule has 0 spiro atoms. The number of nitrogens with one attached hydrogen (secondary N) is 1. The summed E-state index contributed by atoms with van der Waals surface area (Å²) in [6.45, 7) is 3.67. The molecule has 1 heterocycles. The summed E-state index contributed by atoms with van der Waals surface area (Å²) >= 11 is 3.36. The van der Waals surface area contributed by atoms with Gasteiger partial charge < -0.3 is 5.32 Å². The standard InChI is InChI=1S/C9H12BrN3O/c1-4-5-7(14)11-9-8(10)6(2)12-13(9)3/h4-5H,1-3H3,(H,11,14)/b5-4+. The fourth-order valence-electron chi connectivity index (χ4n) is 1.08. The molecular formula is C9H12BrN3O. The van der Waals surface area contributed by atoms with Gasteiger partial charge in [-0.15, -0.1) is 0 Å². The van der Waals surface area contributed by atoms with Gasteiger partial charge >= 0.3 is 0 Å². The fourth-order valence-corrected chi connectivity index (χ4v) is 1.51. The van der Waals surface area contributed by atoms with Crippen LogP contribution in [0.4, 0.5) is 5.82 Å². The molecule has 0 aliphatic carbocycles. The number of aryl methyl sites for hydroxylation is 2. The van der Waals surface area contributed by atoms with Gasteiger partial charge in [-0.3, -0.25) is 9.48 Å². The molecule has 0 aliphatic rings. The maximum Gasteiger partial charge on any atom is 0.249 e. The fraction of sp³-hybridized carbons (Fsp3) is 0.333. The van der Waals surface area contributed by atoms with Gasteiger partial charge in [-0.25, -0.2) is 0 Å². The zero-order chi connectivity index (χ0) is 10.7. The summed E-state index contributed by atoms with van der Waals surface area (Å²) in [6, 6.07) is 0. The van der Waals surface area contributed by atoms with Crippen LogP contribution in [0.5, 0.6) is 0 Å². The Bertz CT molecular complexity index is 382. The minimum Gasteiger partial charge on any atom is -0.306 e. The number of carbonyl (C=O) groups excluding carboxylic acids is 1. The highest BCUT2D eigenvalue weighted by atomic mass is 79.9. The van der Waals surface area contributed by atoms with Crippen molar-refractivity contribution in [1.29, 1.82) is 0 Å². The molecule has 1 amide bonds. The highest BCUT2D eigenvalue weighted by Gasteiger charge is 2.11. The van der Waals surface area contributed by atoms with E-state index in [2.05, 4.69) is 26.3 Å². The van der Waals surface area contributed by atoms with Crippen molar-refractivity contribution in [1.82, 2.24) is 9.78 Å². The molecule has 0 unspecified atom stereocenters. The molecule has 0 saturated carbocycles. The van der Waals surface area contributed by atoms with E-state index in [0.29, 0.717) is 5.82 Å². The van der Waals surface area contributed by atoms with Crippen LogP contribution in [-0.2, 0) is 11.8 Å². The van der Waals surface area contributed by atoms with Gasteiger partial charge in [-0.2, -0.15) is 5.10 Å². The van der Waals surface area contributed by atoms with Gasteiger partial charge in [0.1, 0.15) is 5.82 Å². The van der Waals surface area contributed by atoms with E-state index < -0.39 is 0 Å². The average molecular weight is 258 g/mol. The predicted octanol–water partition coefficient (Wildman–Crippen LogP) is 2.01.